The Morgan fingerprint density at radius 2 is 1.07 bits per heavy atom. The highest BCUT2D eigenvalue weighted by molar-refractivity contribution is 6.14. The van der Waals surface area contributed by atoms with E-state index in [-0.39, 0.29) is 35.4 Å². The first kappa shape index (κ1) is 20.9. The lowest BCUT2D eigenvalue weighted by atomic mass is 9.93. The number of carbonyl (C=O) groups is 1. The van der Waals surface area contributed by atoms with Crippen LogP contribution in [0.3, 0.4) is 0 Å². The van der Waals surface area contributed by atoms with Crippen LogP contribution in [0.4, 0.5) is 26.3 Å². The Bertz CT molecular complexity index is 908. The van der Waals surface area contributed by atoms with Crippen LogP contribution in [-0.2, 0) is 17.1 Å². The van der Waals surface area contributed by atoms with E-state index in [0.29, 0.717) is 0 Å². The van der Waals surface area contributed by atoms with Gasteiger partial charge in [-0.15, -0.1) is 0 Å². The van der Waals surface area contributed by atoms with Crippen LogP contribution in [0.5, 0.6) is 0 Å². The number of piperidine rings is 1. The number of Topliss-reactive ketones (excluding diaryl/α,β-unsaturated/α-hetero) is 1. The average Bonchev–Trinajstić information content (AvgIpc) is 2.64. The number of alkyl halides is 6. The first-order valence-corrected chi connectivity index (χ1v) is 8.67. The van der Waals surface area contributed by atoms with Crippen molar-refractivity contribution in [3.8, 4) is 0 Å². The Morgan fingerprint density at radius 3 is 1.45 bits per heavy atom. The van der Waals surface area contributed by atoms with E-state index >= 15 is 0 Å². The third kappa shape index (κ3) is 4.76. The largest absolute Gasteiger partial charge is 0.416 e. The van der Waals surface area contributed by atoms with E-state index in [9.17, 15) is 31.1 Å². The van der Waals surface area contributed by atoms with Crippen LogP contribution >= 0.6 is 0 Å². The van der Waals surface area contributed by atoms with E-state index in [2.05, 4.69) is 0 Å². The van der Waals surface area contributed by atoms with E-state index in [4.69, 9.17) is 0 Å². The Hall–Kier alpha value is -2.87. The summed E-state index contributed by atoms with van der Waals surface area (Å²) in [7, 11) is 0. The molecular weight excluding hydrogens is 396 g/mol. The fourth-order valence-corrected chi connectivity index (χ4v) is 3.16. The molecule has 8 heteroatoms. The molecule has 0 atom stereocenters. The highest BCUT2D eigenvalue weighted by Crippen LogP contribution is 2.34. The van der Waals surface area contributed by atoms with Gasteiger partial charge in [0.15, 0.2) is 5.78 Å². The van der Waals surface area contributed by atoms with Crippen molar-refractivity contribution in [2.24, 2.45) is 0 Å². The molecule has 0 bridgehead atoms. The van der Waals surface area contributed by atoms with Crippen molar-refractivity contribution >= 4 is 17.9 Å². The molecule has 0 saturated carbocycles. The summed E-state index contributed by atoms with van der Waals surface area (Å²) in [6, 6.07) is 9.68. The predicted molar refractivity (Wildman–Crippen MR) is 95.5 cm³/mol. The van der Waals surface area contributed by atoms with Crippen molar-refractivity contribution in [2.45, 2.75) is 12.4 Å². The molecule has 2 N–H and O–H groups in total. The Labute approximate surface area is 162 Å². The van der Waals surface area contributed by atoms with Gasteiger partial charge >= 0.3 is 12.4 Å². The highest BCUT2D eigenvalue weighted by atomic mass is 19.4. The van der Waals surface area contributed by atoms with Gasteiger partial charge in [0, 0.05) is 0 Å². The molecule has 0 amide bonds. The van der Waals surface area contributed by atoms with Crippen LogP contribution < -0.4 is 5.32 Å². The normalized spacial score (nSPS) is 18.5. The molecule has 3 rings (SSSR count). The van der Waals surface area contributed by atoms with Gasteiger partial charge in [-0.05, 0) is 35.4 Å². The second kappa shape index (κ2) is 7.87. The summed E-state index contributed by atoms with van der Waals surface area (Å²) in [5, 5.41) is 1.66. The molecule has 0 aliphatic carbocycles. The van der Waals surface area contributed by atoms with Gasteiger partial charge in [0.05, 0.1) is 22.3 Å². The highest BCUT2D eigenvalue weighted by Gasteiger charge is 2.34. The molecular formula is C21H16F6NO+. The Morgan fingerprint density at radius 1 is 0.690 bits per heavy atom. The molecule has 0 radical (unpaired) electrons. The summed E-state index contributed by atoms with van der Waals surface area (Å²) in [6.07, 6.45) is -6.85. The monoisotopic (exact) mass is 412 g/mol. The summed E-state index contributed by atoms with van der Waals surface area (Å²) in [5.41, 5.74) is -1.87. The fourth-order valence-electron chi connectivity index (χ4n) is 3.16. The van der Waals surface area contributed by atoms with Gasteiger partial charge in [-0.25, -0.2) is 0 Å². The SMILES string of the molecule is O=C1/C(=C/c2ccccc2C(F)(F)F)C[NH2+]C/C1=C\c1ccccc1C(F)(F)F. The number of quaternary nitrogens is 1. The molecule has 2 aromatic rings. The minimum atomic E-state index is -4.58. The van der Waals surface area contributed by atoms with Crippen molar-refractivity contribution < 1.29 is 36.5 Å². The number of benzene rings is 2. The van der Waals surface area contributed by atoms with Gasteiger partial charge in [0.1, 0.15) is 13.1 Å². The van der Waals surface area contributed by atoms with Crippen molar-refractivity contribution in [1.29, 1.82) is 0 Å². The number of carbonyl (C=O) groups excluding carboxylic acids is 1. The number of hydrogen-bond donors (Lipinski definition) is 1. The van der Waals surface area contributed by atoms with Crippen molar-refractivity contribution in [2.75, 3.05) is 13.1 Å². The lowest BCUT2D eigenvalue weighted by Crippen LogP contribution is -2.87. The van der Waals surface area contributed by atoms with Gasteiger partial charge in [0.2, 0.25) is 0 Å². The summed E-state index contributed by atoms with van der Waals surface area (Å²) in [5.74, 6) is -0.554. The second-order valence-corrected chi connectivity index (χ2v) is 6.54. The zero-order valence-corrected chi connectivity index (χ0v) is 14.9. The maximum Gasteiger partial charge on any atom is 0.416 e. The average molecular weight is 412 g/mol. The number of rotatable bonds is 2. The van der Waals surface area contributed by atoms with Crippen LogP contribution in [0.25, 0.3) is 12.2 Å². The van der Waals surface area contributed by atoms with Crippen molar-refractivity contribution in [3.63, 3.8) is 0 Å². The Balaban J connectivity index is 2.00. The van der Waals surface area contributed by atoms with E-state index in [1.807, 2.05) is 0 Å². The summed E-state index contributed by atoms with van der Waals surface area (Å²) in [6.45, 7) is 0.284. The molecule has 1 aliphatic rings. The van der Waals surface area contributed by atoms with Crippen LogP contribution in [0, 0.1) is 0 Å². The van der Waals surface area contributed by atoms with E-state index in [1.165, 1.54) is 36.4 Å². The van der Waals surface area contributed by atoms with Crippen LogP contribution in [-0.4, -0.2) is 18.9 Å². The van der Waals surface area contributed by atoms with E-state index in [0.717, 1.165) is 24.3 Å². The zero-order valence-electron chi connectivity index (χ0n) is 14.9. The number of halogens is 6. The first-order valence-electron chi connectivity index (χ1n) is 8.67. The quantitative estimate of drug-likeness (QED) is 0.578. The zero-order chi connectivity index (χ0) is 21.2. The fraction of sp³-hybridized carbons (Fsp3) is 0.190. The van der Waals surface area contributed by atoms with Crippen molar-refractivity contribution in [3.05, 3.63) is 81.9 Å². The summed E-state index contributed by atoms with van der Waals surface area (Å²) < 4.78 is 79.1. The topological polar surface area (TPSA) is 33.7 Å². The maximum atomic E-state index is 13.2. The lowest BCUT2D eigenvalue weighted by Gasteiger charge is -2.17. The smallest absolute Gasteiger partial charge is 0.339 e. The molecule has 1 heterocycles. The molecule has 1 saturated heterocycles. The van der Waals surface area contributed by atoms with Gasteiger partial charge in [-0.1, -0.05) is 36.4 Å². The molecule has 1 fully saturated rings. The first-order chi connectivity index (χ1) is 13.6. The van der Waals surface area contributed by atoms with Crippen LogP contribution in [0.15, 0.2) is 59.7 Å². The molecule has 2 nitrogen and oxygen atoms in total. The number of hydrogen-bond acceptors (Lipinski definition) is 1. The van der Waals surface area contributed by atoms with E-state index < -0.39 is 29.3 Å². The number of ketones is 1. The maximum absolute atomic E-state index is 13.2. The minimum absolute atomic E-state index is 0.101. The van der Waals surface area contributed by atoms with Gasteiger partial charge in [-0.3, -0.25) is 4.79 Å². The number of nitrogens with two attached hydrogens (primary N) is 1. The third-order valence-electron chi connectivity index (χ3n) is 4.50. The third-order valence-corrected chi connectivity index (χ3v) is 4.50. The summed E-state index contributed by atoms with van der Waals surface area (Å²) in [4.78, 5) is 12.7. The predicted octanol–water partition coefficient (Wildman–Crippen LogP) is 4.34. The lowest BCUT2D eigenvalue weighted by molar-refractivity contribution is -0.641. The Kier molecular flexibility index (Phi) is 5.66. The van der Waals surface area contributed by atoms with Crippen molar-refractivity contribution in [1.82, 2.24) is 0 Å². The molecule has 29 heavy (non-hydrogen) atoms. The van der Waals surface area contributed by atoms with Gasteiger partial charge in [-0.2, -0.15) is 26.3 Å². The van der Waals surface area contributed by atoms with Crippen LogP contribution in [0.1, 0.15) is 22.3 Å². The molecule has 2 aromatic carbocycles. The molecule has 0 spiro atoms. The molecule has 152 valence electrons. The van der Waals surface area contributed by atoms with Gasteiger partial charge < -0.3 is 5.32 Å². The van der Waals surface area contributed by atoms with Crippen LogP contribution in [0.2, 0.25) is 0 Å². The standard InChI is InChI=1S/C21H15F6NO/c22-20(23,24)17-7-3-1-5-13(17)9-15-11-28-12-16(19(15)29)10-14-6-2-4-8-18(14)21(25,26)27/h1-10,28H,11-12H2/p+1/b15-9+,16-10+. The second-order valence-electron chi connectivity index (χ2n) is 6.54. The molecule has 1 aliphatic heterocycles. The molecule has 0 unspecified atom stereocenters. The summed E-state index contributed by atoms with van der Waals surface area (Å²) >= 11 is 0. The van der Waals surface area contributed by atoms with Gasteiger partial charge in [0.25, 0.3) is 0 Å². The molecule has 0 aromatic heterocycles. The van der Waals surface area contributed by atoms with E-state index in [1.54, 1.807) is 5.32 Å². The minimum Gasteiger partial charge on any atom is -0.339 e.